The smallest absolute Gasteiger partial charge is 0.337 e. The van der Waals surface area contributed by atoms with Crippen LogP contribution < -0.4 is 9.62 Å². The first-order valence-corrected chi connectivity index (χ1v) is 10.9. The van der Waals surface area contributed by atoms with Gasteiger partial charge in [-0.1, -0.05) is 36.4 Å². The topological polar surface area (TPSA) is 104 Å². The molecule has 1 heterocycles. The zero-order valence-corrected chi connectivity index (χ0v) is 17.1. The van der Waals surface area contributed by atoms with Crippen LogP contribution in [0.4, 0.5) is 11.4 Å². The highest BCUT2D eigenvalue weighted by atomic mass is 32.2. The van der Waals surface area contributed by atoms with E-state index in [1.54, 1.807) is 55.6 Å². The molecule has 1 aliphatic heterocycles. The van der Waals surface area contributed by atoms with Gasteiger partial charge >= 0.3 is 5.97 Å². The van der Waals surface area contributed by atoms with Gasteiger partial charge in [0, 0.05) is 23.4 Å². The van der Waals surface area contributed by atoms with E-state index < -0.39 is 16.0 Å². The van der Waals surface area contributed by atoms with E-state index in [1.165, 1.54) is 23.1 Å². The molecule has 0 saturated carbocycles. The van der Waals surface area contributed by atoms with Crippen molar-refractivity contribution in [1.82, 2.24) is 0 Å². The number of rotatable bonds is 4. The lowest BCUT2D eigenvalue weighted by Gasteiger charge is -2.15. The monoisotopic (exact) mass is 432 g/mol. The molecule has 7 nitrogen and oxygen atoms in total. The Morgan fingerprint density at radius 1 is 0.968 bits per heavy atom. The maximum Gasteiger partial charge on any atom is 0.337 e. The zero-order valence-electron chi connectivity index (χ0n) is 16.3. The van der Waals surface area contributed by atoms with Crippen molar-refractivity contribution in [3.8, 4) is 0 Å². The average molecular weight is 432 g/mol. The number of nitrogens with zero attached hydrogens (tertiary/aromatic N) is 1. The SMILES string of the molecule is CN1C(=O)c2cccc3c(S(=O)(=O)Nc4cc5ccccc5cc4C(=O)O)ccc1c23. The number of aromatic carboxylic acids is 1. The number of carboxylic acids is 1. The molecule has 4 aromatic carbocycles. The Morgan fingerprint density at radius 2 is 1.68 bits per heavy atom. The minimum atomic E-state index is -4.15. The Kier molecular flexibility index (Phi) is 4.03. The zero-order chi connectivity index (χ0) is 21.9. The summed E-state index contributed by atoms with van der Waals surface area (Å²) >= 11 is 0. The van der Waals surface area contributed by atoms with Gasteiger partial charge in [-0.15, -0.1) is 0 Å². The minimum absolute atomic E-state index is 0.0253. The third-order valence-electron chi connectivity index (χ3n) is 5.53. The molecule has 5 rings (SSSR count). The molecule has 2 N–H and O–H groups in total. The molecular formula is C23H16N2O5S. The molecule has 0 saturated heterocycles. The fraction of sp³-hybridized carbons (Fsp3) is 0.0435. The number of nitrogens with one attached hydrogen (secondary N) is 1. The molecule has 0 radical (unpaired) electrons. The predicted octanol–water partition coefficient (Wildman–Crippen LogP) is 4.08. The number of amides is 1. The summed E-state index contributed by atoms with van der Waals surface area (Å²) < 4.78 is 29.1. The number of carboxylic acid groups (broad SMARTS) is 1. The molecule has 8 heteroatoms. The van der Waals surface area contributed by atoms with Crippen LogP contribution >= 0.6 is 0 Å². The van der Waals surface area contributed by atoms with Gasteiger partial charge in [0.15, 0.2) is 0 Å². The predicted molar refractivity (Wildman–Crippen MR) is 118 cm³/mol. The number of hydrogen-bond acceptors (Lipinski definition) is 4. The first-order chi connectivity index (χ1) is 14.8. The highest BCUT2D eigenvalue weighted by molar-refractivity contribution is 7.93. The number of benzene rings is 4. The van der Waals surface area contributed by atoms with E-state index >= 15 is 0 Å². The molecule has 0 spiro atoms. The summed E-state index contributed by atoms with van der Waals surface area (Å²) in [5.74, 6) is -1.44. The van der Waals surface area contributed by atoms with Gasteiger partial charge in [-0.2, -0.15) is 0 Å². The summed E-state index contributed by atoms with van der Waals surface area (Å²) in [6.07, 6.45) is 0. The number of anilines is 2. The number of carbonyl (C=O) groups excluding carboxylic acids is 1. The van der Waals surface area contributed by atoms with Gasteiger partial charge in [-0.3, -0.25) is 9.52 Å². The van der Waals surface area contributed by atoms with E-state index in [1.807, 2.05) is 0 Å². The van der Waals surface area contributed by atoms with Crippen molar-refractivity contribution in [3.63, 3.8) is 0 Å². The van der Waals surface area contributed by atoms with Crippen LogP contribution in [0.5, 0.6) is 0 Å². The fourth-order valence-corrected chi connectivity index (χ4v) is 5.32. The molecule has 31 heavy (non-hydrogen) atoms. The maximum absolute atomic E-state index is 13.3. The third-order valence-corrected chi connectivity index (χ3v) is 6.95. The quantitative estimate of drug-likeness (QED) is 0.506. The molecule has 4 aromatic rings. The first-order valence-electron chi connectivity index (χ1n) is 9.40. The fourth-order valence-electron chi connectivity index (χ4n) is 4.04. The molecule has 0 aliphatic carbocycles. The van der Waals surface area contributed by atoms with E-state index in [9.17, 15) is 23.1 Å². The van der Waals surface area contributed by atoms with Gasteiger partial charge in [0.25, 0.3) is 15.9 Å². The normalized spacial score (nSPS) is 13.2. The van der Waals surface area contributed by atoms with E-state index in [0.717, 1.165) is 0 Å². The number of fused-ring (bicyclic) bond motifs is 1. The van der Waals surface area contributed by atoms with Crippen LogP contribution in [0.2, 0.25) is 0 Å². The number of hydrogen-bond donors (Lipinski definition) is 2. The molecule has 1 aliphatic rings. The lowest BCUT2D eigenvalue weighted by Crippen LogP contribution is -2.20. The Labute approximate surface area is 177 Å². The van der Waals surface area contributed by atoms with Gasteiger partial charge in [-0.25, -0.2) is 13.2 Å². The van der Waals surface area contributed by atoms with Crippen LogP contribution in [0.25, 0.3) is 21.5 Å². The van der Waals surface area contributed by atoms with Crippen LogP contribution in [0, 0.1) is 0 Å². The van der Waals surface area contributed by atoms with Crippen LogP contribution in [-0.2, 0) is 10.0 Å². The summed E-state index contributed by atoms with van der Waals surface area (Å²) in [7, 11) is -2.51. The van der Waals surface area contributed by atoms with Gasteiger partial charge in [0.2, 0.25) is 0 Å². The van der Waals surface area contributed by atoms with Crippen molar-refractivity contribution in [2.75, 3.05) is 16.7 Å². The molecule has 0 bridgehead atoms. The van der Waals surface area contributed by atoms with Gasteiger partial charge in [0.05, 0.1) is 21.8 Å². The van der Waals surface area contributed by atoms with E-state index in [0.29, 0.717) is 32.8 Å². The van der Waals surface area contributed by atoms with Crippen LogP contribution in [0.1, 0.15) is 20.7 Å². The third kappa shape index (κ3) is 2.83. The molecule has 1 amide bonds. The van der Waals surface area contributed by atoms with E-state index in [2.05, 4.69) is 4.72 Å². The van der Waals surface area contributed by atoms with Crippen molar-refractivity contribution >= 4 is 54.8 Å². The summed E-state index contributed by atoms with van der Waals surface area (Å²) in [5.41, 5.74) is 0.890. The van der Waals surface area contributed by atoms with E-state index in [4.69, 9.17) is 0 Å². The van der Waals surface area contributed by atoms with Crippen LogP contribution in [0.3, 0.4) is 0 Å². The standard InChI is InChI=1S/C23H16N2O5S/c1-25-19-9-10-20(15-7-4-8-16(21(15)19)22(25)26)31(29,30)24-18-12-14-6-3-2-5-13(14)11-17(18)23(27)28/h2-12,24H,1H3,(H,27,28). The highest BCUT2D eigenvalue weighted by Crippen LogP contribution is 2.40. The lowest BCUT2D eigenvalue weighted by molar-refractivity contribution is 0.0698. The maximum atomic E-state index is 13.3. The Morgan fingerprint density at radius 3 is 2.39 bits per heavy atom. The van der Waals surface area contributed by atoms with Crippen LogP contribution in [-0.4, -0.2) is 32.4 Å². The van der Waals surface area contributed by atoms with E-state index in [-0.39, 0.29) is 22.1 Å². The number of sulfonamides is 1. The summed E-state index contributed by atoms with van der Waals surface area (Å²) in [6, 6.07) is 18.0. The van der Waals surface area contributed by atoms with Gasteiger partial charge in [-0.05, 0) is 41.1 Å². The van der Waals surface area contributed by atoms with Crippen LogP contribution in [0.15, 0.2) is 71.6 Å². The minimum Gasteiger partial charge on any atom is -0.478 e. The highest BCUT2D eigenvalue weighted by Gasteiger charge is 2.30. The molecule has 0 unspecified atom stereocenters. The second-order valence-corrected chi connectivity index (χ2v) is 8.98. The molecule has 0 atom stereocenters. The summed E-state index contributed by atoms with van der Waals surface area (Å²) in [5, 5.41) is 12.0. The second kappa shape index (κ2) is 6.55. The molecule has 154 valence electrons. The Bertz CT molecular complexity index is 1540. The summed E-state index contributed by atoms with van der Waals surface area (Å²) in [4.78, 5) is 25.7. The molecule has 0 aromatic heterocycles. The molecular weight excluding hydrogens is 416 g/mol. The largest absolute Gasteiger partial charge is 0.478 e. The first kappa shape index (κ1) is 19.1. The van der Waals surface area contributed by atoms with Crippen molar-refractivity contribution in [1.29, 1.82) is 0 Å². The van der Waals surface area contributed by atoms with Gasteiger partial charge in [0.1, 0.15) is 0 Å². The summed E-state index contributed by atoms with van der Waals surface area (Å²) in [6.45, 7) is 0. The van der Waals surface area contributed by atoms with Crippen molar-refractivity contribution < 1.29 is 23.1 Å². The van der Waals surface area contributed by atoms with Crippen molar-refractivity contribution in [2.24, 2.45) is 0 Å². The van der Waals surface area contributed by atoms with Crippen molar-refractivity contribution in [2.45, 2.75) is 4.90 Å². The molecule has 0 fully saturated rings. The lowest BCUT2D eigenvalue weighted by atomic mass is 10.1. The Hall–Kier alpha value is -3.91. The van der Waals surface area contributed by atoms with Crippen molar-refractivity contribution in [3.05, 3.63) is 77.9 Å². The van der Waals surface area contributed by atoms with Gasteiger partial charge < -0.3 is 10.0 Å². The second-order valence-electron chi connectivity index (χ2n) is 7.33. The average Bonchev–Trinajstić information content (AvgIpc) is 2.99. The Balaban J connectivity index is 1.69. The number of carbonyl (C=O) groups is 2.